The number of rotatable bonds is 11. The second-order valence-electron chi connectivity index (χ2n) is 7.53. The Morgan fingerprint density at radius 1 is 1.09 bits per heavy atom. The molecule has 3 aromatic rings. The van der Waals surface area contributed by atoms with Crippen molar-refractivity contribution in [2.24, 2.45) is 0 Å². The van der Waals surface area contributed by atoms with E-state index in [9.17, 15) is 4.79 Å². The number of fused-ring (bicyclic) bond motifs is 1. The molecule has 0 N–H and O–H groups in total. The van der Waals surface area contributed by atoms with Gasteiger partial charge < -0.3 is 9.64 Å². The van der Waals surface area contributed by atoms with Crippen molar-refractivity contribution in [3.63, 3.8) is 0 Å². The van der Waals surface area contributed by atoms with Gasteiger partial charge >= 0.3 is 0 Å². The van der Waals surface area contributed by atoms with Crippen molar-refractivity contribution in [1.29, 1.82) is 0 Å². The number of methoxy groups -OCH3 is 1. The third kappa shape index (κ3) is 6.75. The first-order chi connectivity index (χ1) is 15.4. The molecular weight excluding hydrogens is 485 g/mol. The number of carbonyl (C=O) groups is 1. The van der Waals surface area contributed by atoms with Gasteiger partial charge in [0.1, 0.15) is 11.3 Å². The van der Waals surface area contributed by atoms with Crippen LogP contribution < -0.4 is 9.64 Å². The number of halogens is 2. The molecule has 0 spiro atoms. The summed E-state index contributed by atoms with van der Waals surface area (Å²) in [6.45, 7) is 1.51. The zero-order valence-electron chi connectivity index (χ0n) is 18.4. The zero-order valence-corrected chi connectivity index (χ0v) is 21.6. The minimum atomic E-state index is 0.0783. The summed E-state index contributed by atoms with van der Waals surface area (Å²) in [6, 6.07) is 11.4. The van der Waals surface area contributed by atoms with Crippen molar-refractivity contribution in [2.75, 3.05) is 44.9 Å². The van der Waals surface area contributed by atoms with E-state index < -0.39 is 0 Å². The maximum absolute atomic E-state index is 13.2. The second-order valence-corrected chi connectivity index (χ2v) is 10.5. The Hall–Kier alpha value is -1.51. The van der Waals surface area contributed by atoms with E-state index in [4.69, 9.17) is 32.9 Å². The van der Waals surface area contributed by atoms with Crippen molar-refractivity contribution in [3.8, 4) is 5.75 Å². The molecule has 0 saturated heterocycles. The Balaban J connectivity index is 1.70. The smallest absolute Gasteiger partial charge is 0.228 e. The molecule has 32 heavy (non-hydrogen) atoms. The van der Waals surface area contributed by atoms with E-state index in [2.05, 4.69) is 4.90 Å². The Morgan fingerprint density at radius 3 is 2.53 bits per heavy atom. The molecule has 0 aliphatic rings. The third-order valence-electron chi connectivity index (χ3n) is 4.80. The minimum absolute atomic E-state index is 0.0783. The summed E-state index contributed by atoms with van der Waals surface area (Å²) in [5.41, 5.74) is 0.698. The number of thioether (sulfide) groups is 1. The van der Waals surface area contributed by atoms with E-state index in [-0.39, 0.29) is 5.91 Å². The number of hydrogen-bond acceptors (Lipinski definition) is 6. The maximum Gasteiger partial charge on any atom is 0.228 e. The van der Waals surface area contributed by atoms with Crippen LogP contribution in [0.4, 0.5) is 5.13 Å². The Bertz CT molecular complexity index is 1040. The van der Waals surface area contributed by atoms with Crippen LogP contribution in [0.1, 0.15) is 19.3 Å². The molecule has 0 bridgehead atoms. The third-order valence-corrected chi connectivity index (χ3v) is 7.69. The number of thiazole rings is 1. The fraction of sp³-hybridized carbons (Fsp3) is 0.391. The Morgan fingerprint density at radius 2 is 1.84 bits per heavy atom. The van der Waals surface area contributed by atoms with Gasteiger partial charge in [-0.25, -0.2) is 4.98 Å². The van der Waals surface area contributed by atoms with Crippen LogP contribution in [-0.4, -0.2) is 55.8 Å². The van der Waals surface area contributed by atoms with E-state index in [0.717, 1.165) is 39.8 Å². The van der Waals surface area contributed by atoms with Crippen molar-refractivity contribution < 1.29 is 9.53 Å². The fourth-order valence-electron chi connectivity index (χ4n) is 3.17. The molecule has 3 rings (SSSR count). The summed E-state index contributed by atoms with van der Waals surface area (Å²) in [4.78, 5) is 23.0. The largest absolute Gasteiger partial charge is 0.494 e. The minimum Gasteiger partial charge on any atom is -0.494 e. The van der Waals surface area contributed by atoms with Gasteiger partial charge in [-0.1, -0.05) is 34.5 Å². The predicted octanol–water partition coefficient (Wildman–Crippen LogP) is 6.47. The van der Waals surface area contributed by atoms with Gasteiger partial charge in [0.2, 0.25) is 5.91 Å². The molecule has 0 aliphatic carbocycles. The van der Waals surface area contributed by atoms with E-state index in [1.807, 2.05) is 38.4 Å². The first-order valence-corrected chi connectivity index (χ1v) is 12.9. The van der Waals surface area contributed by atoms with Gasteiger partial charge in [-0.15, -0.1) is 11.8 Å². The quantitative estimate of drug-likeness (QED) is 0.218. The molecule has 9 heteroatoms. The molecule has 1 amide bonds. The molecule has 0 aliphatic heterocycles. The lowest BCUT2D eigenvalue weighted by Crippen LogP contribution is -2.33. The van der Waals surface area contributed by atoms with Crippen LogP contribution in [-0.2, 0) is 4.79 Å². The Labute approximate surface area is 207 Å². The number of ether oxygens (including phenoxy) is 1. The van der Waals surface area contributed by atoms with E-state index in [1.54, 1.807) is 35.9 Å². The second kappa shape index (κ2) is 12.1. The molecule has 2 aromatic carbocycles. The summed E-state index contributed by atoms with van der Waals surface area (Å²) in [5.74, 6) is 1.60. The van der Waals surface area contributed by atoms with Crippen molar-refractivity contribution >= 4 is 67.6 Å². The summed E-state index contributed by atoms with van der Waals surface area (Å²) in [7, 11) is 5.67. The molecule has 0 saturated carbocycles. The summed E-state index contributed by atoms with van der Waals surface area (Å²) in [5, 5.41) is 2.01. The molecule has 0 unspecified atom stereocenters. The van der Waals surface area contributed by atoms with Crippen LogP contribution in [0.25, 0.3) is 10.2 Å². The molecule has 0 fully saturated rings. The highest BCUT2D eigenvalue weighted by atomic mass is 35.5. The number of aromatic nitrogens is 1. The maximum atomic E-state index is 13.2. The molecule has 0 radical (unpaired) electrons. The topological polar surface area (TPSA) is 45.7 Å². The molecule has 1 heterocycles. The molecular formula is C23H27Cl2N3O2S2. The van der Waals surface area contributed by atoms with Crippen molar-refractivity contribution in [2.45, 2.75) is 24.2 Å². The predicted molar refractivity (Wildman–Crippen MR) is 138 cm³/mol. The number of hydrogen-bond donors (Lipinski definition) is 0. The van der Waals surface area contributed by atoms with E-state index >= 15 is 0 Å². The number of benzene rings is 2. The average molecular weight is 513 g/mol. The first kappa shape index (κ1) is 25.1. The van der Waals surface area contributed by atoms with E-state index in [0.29, 0.717) is 34.4 Å². The zero-order chi connectivity index (χ0) is 23.1. The van der Waals surface area contributed by atoms with Gasteiger partial charge in [0.15, 0.2) is 5.13 Å². The average Bonchev–Trinajstić information content (AvgIpc) is 3.21. The molecule has 1 aromatic heterocycles. The number of carbonyl (C=O) groups excluding carboxylic acids is 1. The van der Waals surface area contributed by atoms with Crippen molar-refractivity contribution in [3.05, 3.63) is 46.4 Å². The molecule has 0 atom stereocenters. The van der Waals surface area contributed by atoms with Gasteiger partial charge in [-0.05, 0) is 75.6 Å². The SMILES string of the molecule is COc1ccc(Cl)c2sc(N(CCCN(C)C)C(=O)CCCSc3ccc(Cl)cc3)nc12. The monoisotopic (exact) mass is 511 g/mol. The van der Waals surface area contributed by atoms with Crippen LogP contribution in [0.2, 0.25) is 10.0 Å². The molecule has 5 nitrogen and oxygen atoms in total. The van der Waals surface area contributed by atoms with Gasteiger partial charge in [-0.3, -0.25) is 9.69 Å². The van der Waals surface area contributed by atoms with Gasteiger partial charge in [-0.2, -0.15) is 0 Å². The summed E-state index contributed by atoms with van der Waals surface area (Å²) >= 11 is 15.5. The lowest BCUT2D eigenvalue weighted by atomic mass is 10.3. The van der Waals surface area contributed by atoms with Gasteiger partial charge in [0.25, 0.3) is 0 Å². The highest BCUT2D eigenvalue weighted by Gasteiger charge is 2.21. The fourth-order valence-corrected chi connectivity index (χ4v) is 5.45. The van der Waals surface area contributed by atoms with Gasteiger partial charge in [0.05, 0.1) is 16.8 Å². The summed E-state index contributed by atoms with van der Waals surface area (Å²) in [6.07, 6.45) is 2.10. The van der Waals surface area contributed by atoms with Crippen LogP contribution >= 0.6 is 46.3 Å². The number of anilines is 1. The lowest BCUT2D eigenvalue weighted by Gasteiger charge is -2.21. The van der Waals surface area contributed by atoms with Crippen molar-refractivity contribution in [1.82, 2.24) is 9.88 Å². The summed E-state index contributed by atoms with van der Waals surface area (Å²) < 4.78 is 6.28. The highest BCUT2D eigenvalue weighted by Crippen LogP contribution is 2.39. The lowest BCUT2D eigenvalue weighted by molar-refractivity contribution is -0.118. The Kier molecular flexibility index (Phi) is 9.49. The van der Waals surface area contributed by atoms with Crippen LogP contribution in [0.5, 0.6) is 5.75 Å². The van der Waals surface area contributed by atoms with Crippen LogP contribution in [0.15, 0.2) is 41.3 Å². The van der Waals surface area contributed by atoms with Crippen LogP contribution in [0.3, 0.4) is 0 Å². The normalized spacial score (nSPS) is 11.3. The first-order valence-electron chi connectivity index (χ1n) is 10.4. The highest BCUT2D eigenvalue weighted by molar-refractivity contribution is 7.99. The van der Waals surface area contributed by atoms with E-state index in [1.165, 1.54) is 11.3 Å². The van der Waals surface area contributed by atoms with Crippen LogP contribution in [0, 0.1) is 0 Å². The molecule has 172 valence electrons. The standard InChI is InChI=1S/C23H27Cl2N3O2S2/c1-27(2)13-5-14-28(20(29)6-4-15-31-17-9-7-16(24)8-10-17)23-26-21-19(30-3)12-11-18(25)22(21)32-23/h7-12H,4-6,13-15H2,1-3H3. The van der Waals surface area contributed by atoms with Gasteiger partial charge in [0, 0.05) is 22.9 Å². The number of nitrogens with zero attached hydrogens (tertiary/aromatic N) is 3. The number of amides is 1.